The van der Waals surface area contributed by atoms with Crippen molar-refractivity contribution in [1.82, 2.24) is 15.2 Å². The van der Waals surface area contributed by atoms with Gasteiger partial charge in [0.15, 0.2) is 11.6 Å². The first-order chi connectivity index (χ1) is 22.5. The number of hydrogen-bond donors (Lipinski definition) is 2. The number of nitrogens with one attached hydrogen (secondary N) is 1. The number of pyridine rings is 1. The van der Waals surface area contributed by atoms with Crippen LogP contribution in [0.4, 0.5) is 10.6 Å². The average molecular weight is 637 g/mol. The van der Waals surface area contributed by atoms with Crippen LogP contribution in [0.15, 0.2) is 78.1 Å². The molecule has 0 radical (unpaired) electrons. The maximum atomic E-state index is 13.0. The zero-order valence-corrected chi connectivity index (χ0v) is 27.0. The van der Waals surface area contributed by atoms with Crippen LogP contribution in [0.2, 0.25) is 0 Å². The van der Waals surface area contributed by atoms with Crippen LogP contribution in [0, 0.1) is 5.41 Å². The lowest BCUT2D eigenvalue weighted by Crippen LogP contribution is -2.49. The Kier molecular flexibility index (Phi) is 8.86. The lowest BCUT2D eigenvalue weighted by atomic mass is 9.73. The van der Waals surface area contributed by atoms with E-state index in [9.17, 15) is 24.3 Å². The van der Waals surface area contributed by atoms with E-state index in [4.69, 9.17) is 4.74 Å². The summed E-state index contributed by atoms with van der Waals surface area (Å²) < 4.78 is 5.84. The smallest absolute Gasteiger partial charge is 0.409 e. The van der Waals surface area contributed by atoms with Gasteiger partial charge in [-0.05, 0) is 46.2 Å². The first-order valence-electron chi connectivity index (χ1n) is 16.1. The molecule has 6 rings (SSSR count). The molecular weight excluding hydrogens is 596 g/mol. The molecule has 0 bridgehead atoms. The zero-order valence-electron chi connectivity index (χ0n) is 27.0. The molecule has 3 aromatic rings. The second-order valence-corrected chi connectivity index (χ2v) is 13.4. The number of piperazine rings is 1. The molecule has 3 aliphatic rings. The van der Waals surface area contributed by atoms with Crippen molar-refractivity contribution in [2.24, 2.45) is 5.41 Å². The van der Waals surface area contributed by atoms with E-state index in [1.165, 1.54) is 22.3 Å². The van der Waals surface area contributed by atoms with Crippen LogP contribution in [0.25, 0.3) is 11.1 Å². The Morgan fingerprint density at radius 2 is 1.53 bits per heavy atom. The van der Waals surface area contributed by atoms with Crippen LogP contribution < -0.4 is 10.2 Å². The Bertz CT molecular complexity index is 1670. The van der Waals surface area contributed by atoms with E-state index in [2.05, 4.69) is 39.5 Å². The van der Waals surface area contributed by atoms with E-state index in [1.54, 1.807) is 18.0 Å². The van der Waals surface area contributed by atoms with Gasteiger partial charge in [-0.15, -0.1) is 0 Å². The molecule has 0 unspecified atom stereocenters. The monoisotopic (exact) mass is 636 g/mol. The Hall–Kier alpha value is -4.99. The van der Waals surface area contributed by atoms with Gasteiger partial charge in [0.25, 0.3) is 0 Å². The Labute approximate surface area is 274 Å². The summed E-state index contributed by atoms with van der Waals surface area (Å²) in [6.07, 6.45) is 1.93. The van der Waals surface area contributed by atoms with E-state index in [0.717, 1.165) is 5.82 Å². The first kappa shape index (κ1) is 32.0. The Morgan fingerprint density at radius 1 is 0.936 bits per heavy atom. The lowest BCUT2D eigenvalue weighted by molar-refractivity contribution is -0.139. The molecule has 2 heterocycles. The summed E-state index contributed by atoms with van der Waals surface area (Å²) in [7, 11) is 0. The molecule has 1 saturated carbocycles. The van der Waals surface area contributed by atoms with Crippen LogP contribution in [0.3, 0.4) is 0 Å². The molecule has 1 atom stereocenters. The number of nitrogens with zero attached hydrogens (tertiary/aromatic N) is 3. The molecule has 10 nitrogen and oxygen atoms in total. The van der Waals surface area contributed by atoms with Crippen molar-refractivity contribution in [2.45, 2.75) is 52.0 Å². The molecule has 1 saturated heterocycles. The van der Waals surface area contributed by atoms with Crippen LogP contribution in [-0.4, -0.2) is 77.4 Å². The number of carboxylic acids is 1. The van der Waals surface area contributed by atoms with Crippen molar-refractivity contribution in [3.8, 4) is 11.1 Å². The highest BCUT2D eigenvalue weighted by Gasteiger charge is 2.37. The van der Waals surface area contributed by atoms with Crippen molar-refractivity contribution in [3.05, 3.63) is 94.8 Å². The summed E-state index contributed by atoms with van der Waals surface area (Å²) in [6, 6.07) is 19.2. The van der Waals surface area contributed by atoms with Crippen LogP contribution in [-0.2, 0) is 25.5 Å². The molecule has 2 fully saturated rings. The third-order valence-corrected chi connectivity index (χ3v) is 9.35. The van der Waals surface area contributed by atoms with Crippen molar-refractivity contribution in [1.29, 1.82) is 0 Å². The number of amides is 1. The van der Waals surface area contributed by atoms with Gasteiger partial charge in [-0.25, -0.2) is 14.6 Å². The van der Waals surface area contributed by atoms with Crippen molar-refractivity contribution < 1.29 is 29.0 Å². The van der Waals surface area contributed by atoms with Crippen LogP contribution in [0.5, 0.6) is 0 Å². The van der Waals surface area contributed by atoms with Crippen molar-refractivity contribution in [2.75, 3.05) is 37.7 Å². The third kappa shape index (κ3) is 6.77. The van der Waals surface area contributed by atoms with Gasteiger partial charge in [-0.3, -0.25) is 9.59 Å². The molecule has 10 heteroatoms. The highest BCUT2D eigenvalue weighted by atomic mass is 16.6. The summed E-state index contributed by atoms with van der Waals surface area (Å²) in [5, 5.41) is 12.8. The van der Waals surface area contributed by atoms with E-state index in [1.807, 2.05) is 50.2 Å². The molecule has 244 valence electrons. The van der Waals surface area contributed by atoms with Crippen LogP contribution >= 0.6 is 0 Å². The van der Waals surface area contributed by atoms with Gasteiger partial charge in [0, 0.05) is 63.3 Å². The lowest BCUT2D eigenvalue weighted by Gasteiger charge is -2.35. The number of ether oxygens (including phenoxy) is 1. The highest BCUT2D eigenvalue weighted by Crippen LogP contribution is 2.44. The van der Waals surface area contributed by atoms with Gasteiger partial charge < -0.3 is 25.0 Å². The fraction of sp³-hybridized carbons (Fsp3) is 0.378. The van der Waals surface area contributed by atoms with Gasteiger partial charge in [-0.2, -0.15) is 0 Å². The summed E-state index contributed by atoms with van der Waals surface area (Å²) in [4.78, 5) is 58.9. The molecule has 0 spiro atoms. The second-order valence-electron chi connectivity index (χ2n) is 13.4. The van der Waals surface area contributed by atoms with Crippen molar-refractivity contribution >= 4 is 29.4 Å². The number of Topliss-reactive ketones (excluding diaryl/α,β-unsaturated/α-hetero) is 2. The minimum atomic E-state index is -1.09. The summed E-state index contributed by atoms with van der Waals surface area (Å²) in [6.45, 7) is 7.78. The Morgan fingerprint density at radius 3 is 2.09 bits per heavy atom. The third-order valence-electron chi connectivity index (χ3n) is 9.35. The standard InChI is InChI=1S/C37H40N4O6/c1-23(34-31(42)19-37(2,3)20-32(34)43)39-30(35(44)45)18-24-12-13-33(38-21-24)40-14-16-41(17-15-40)36(46)47-22-29-27-10-6-4-8-25(27)26-9-5-7-11-28(26)29/h4-13,21,29-30,39H,14-20,22H2,1-3H3,(H,44,45)/t30-/m0/s1. The fourth-order valence-electron chi connectivity index (χ4n) is 6.98. The zero-order chi connectivity index (χ0) is 33.3. The van der Waals surface area contributed by atoms with E-state index in [-0.39, 0.29) is 55.0 Å². The molecule has 2 N–H and O–H groups in total. The number of allylic oxidation sites excluding steroid dienone is 2. The van der Waals surface area contributed by atoms with Gasteiger partial charge in [0.05, 0.1) is 5.57 Å². The summed E-state index contributed by atoms with van der Waals surface area (Å²) in [5.41, 5.74) is 5.40. The minimum Gasteiger partial charge on any atom is -0.480 e. The number of carboxylic acid groups (broad SMARTS) is 1. The molecule has 2 aromatic carbocycles. The molecule has 47 heavy (non-hydrogen) atoms. The predicted octanol–water partition coefficient (Wildman–Crippen LogP) is 4.97. The largest absolute Gasteiger partial charge is 0.480 e. The molecule has 1 aromatic heterocycles. The summed E-state index contributed by atoms with van der Waals surface area (Å²) in [5.74, 6) is -0.860. The number of ketones is 2. The normalized spacial score (nSPS) is 18.0. The average Bonchev–Trinajstić information content (AvgIpc) is 3.36. The number of rotatable bonds is 8. The number of hydrogen-bond acceptors (Lipinski definition) is 8. The molecule has 2 aliphatic carbocycles. The Balaban J connectivity index is 1.02. The fourth-order valence-corrected chi connectivity index (χ4v) is 6.98. The highest BCUT2D eigenvalue weighted by molar-refractivity contribution is 6.22. The van der Waals surface area contributed by atoms with E-state index >= 15 is 0 Å². The van der Waals surface area contributed by atoms with Gasteiger partial charge in [-0.1, -0.05) is 68.4 Å². The number of fused-ring (bicyclic) bond motifs is 3. The SMILES string of the molecule is CC(N[C@@H](Cc1ccc(N2CCN(C(=O)OCC3c4ccccc4-c4ccccc43)CC2)nc1)C(=O)O)=C1C(=O)CC(C)(C)CC1=O. The quantitative estimate of drug-likeness (QED) is 0.260. The van der Waals surface area contributed by atoms with Crippen molar-refractivity contribution in [3.63, 3.8) is 0 Å². The predicted molar refractivity (Wildman–Crippen MR) is 177 cm³/mol. The topological polar surface area (TPSA) is 129 Å². The molecule has 1 aliphatic heterocycles. The number of carbonyl (C=O) groups excluding carboxylic acids is 3. The maximum absolute atomic E-state index is 13.0. The van der Waals surface area contributed by atoms with Gasteiger partial charge >= 0.3 is 12.1 Å². The summed E-state index contributed by atoms with van der Waals surface area (Å²) >= 11 is 0. The first-order valence-corrected chi connectivity index (χ1v) is 16.1. The number of anilines is 1. The number of aliphatic carboxylic acids is 1. The minimum absolute atomic E-state index is 0.0106. The van der Waals surface area contributed by atoms with Crippen LogP contribution in [0.1, 0.15) is 56.2 Å². The van der Waals surface area contributed by atoms with Gasteiger partial charge in [0.2, 0.25) is 0 Å². The van der Waals surface area contributed by atoms with Gasteiger partial charge in [0.1, 0.15) is 18.5 Å². The molecular formula is C37H40N4O6. The maximum Gasteiger partial charge on any atom is 0.409 e. The second kappa shape index (κ2) is 13.0. The number of benzene rings is 2. The molecule has 1 amide bonds. The number of carbonyl (C=O) groups is 4. The van der Waals surface area contributed by atoms with E-state index < -0.39 is 17.4 Å². The number of aromatic nitrogens is 1. The van der Waals surface area contributed by atoms with E-state index in [0.29, 0.717) is 37.4 Å².